The van der Waals surface area contributed by atoms with E-state index in [-0.39, 0.29) is 0 Å². The molecule has 2 aromatic rings. The molecule has 0 saturated heterocycles. The molecule has 2 N–H and O–H groups in total. The van der Waals surface area contributed by atoms with Gasteiger partial charge in [-0.25, -0.2) is 0 Å². The van der Waals surface area contributed by atoms with Gasteiger partial charge in [-0.3, -0.25) is 4.90 Å². The zero-order chi connectivity index (χ0) is 13.9. The Kier molecular flexibility index (Phi) is 3.86. The van der Waals surface area contributed by atoms with Crippen LogP contribution in [0, 0.1) is 6.92 Å². The molecule has 2 aromatic carbocycles. The predicted octanol–water partition coefficient (Wildman–Crippen LogP) is 3.05. The molecule has 1 atom stereocenters. The number of rotatable bonds is 3. The van der Waals surface area contributed by atoms with Crippen molar-refractivity contribution in [3.05, 3.63) is 70.8 Å². The van der Waals surface area contributed by atoms with Gasteiger partial charge in [-0.1, -0.05) is 48.5 Å². The molecule has 20 heavy (non-hydrogen) atoms. The Morgan fingerprint density at radius 1 is 1.10 bits per heavy atom. The van der Waals surface area contributed by atoms with Gasteiger partial charge in [-0.15, -0.1) is 0 Å². The minimum Gasteiger partial charge on any atom is -0.329 e. The van der Waals surface area contributed by atoms with Crippen LogP contribution in [0.1, 0.15) is 28.3 Å². The number of nitrogens with two attached hydrogens (primary N) is 1. The number of nitrogens with zero attached hydrogens (tertiary/aromatic N) is 1. The minimum atomic E-state index is 0.347. The highest BCUT2D eigenvalue weighted by Gasteiger charge is 2.25. The summed E-state index contributed by atoms with van der Waals surface area (Å²) in [5.41, 5.74) is 11.7. The molecule has 0 saturated carbocycles. The Labute approximate surface area is 121 Å². The van der Waals surface area contributed by atoms with Gasteiger partial charge in [-0.05, 0) is 35.6 Å². The number of hydrogen-bond donors (Lipinski definition) is 1. The fourth-order valence-electron chi connectivity index (χ4n) is 3.18. The second kappa shape index (κ2) is 5.78. The molecule has 2 heteroatoms. The van der Waals surface area contributed by atoms with Gasteiger partial charge in [0.15, 0.2) is 0 Å². The highest BCUT2D eigenvalue weighted by atomic mass is 15.2. The smallest absolute Gasteiger partial charge is 0.0476 e. The summed E-state index contributed by atoms with van der Waals surface area (Å²) >= 11 is 0. The second-order valence-electron chi connectivity index (χ2n) is 5.60. The Bertz CT molecular complexity index is 591. The lowest BCUT2D eigenvalue weighted by atomic mass is 9.92. The average molecular weight is 266 g/mol. The Hall–Kier alpha value is -1.64. The summed E-state index contributed by atoms with van der Waals surface area (Å²) in [4.78, 5) is 2.52. The minimum absolute atomic E-state index is 0.347. The molecule has 0 fully saturated rings. The number of hydrogen-bond acceptors (Lipinski definition) is 2. The second-order valence-corrected chi connectivity index (χ2v) is 5.60. The van der Waals surface area contributed by atoms with Crippen LogP contribution in [-0.2, 0) is 13.0 Å². The van der Waals surface area contributed by atoms with Gasteiger partial charge in [-0.2, -0.15) is 0 Å². The van der Waals surface area contributed by atoms with Crippen LogP contribution >= 0.6 is 0 Å². The SMILES string of the molecule is Cc1ccccc1CN1CCc2ccccc2C1CN. The van der Waals surface area contributed by atoms with Crippen molar-refractivity contribution in [3.8, 4) is 0 Å². The summed E-state index contributed by atoms with van der Waals surface area (Å²) in [5, 5.41) is 0. The molecule has 2 nitrogen and oxygen atoms in total. The van der Waals surface area contributed by atoms with E-state index < -0.39 is 0 Å². The molecule has 0 amide bonds. The van der Waals surface area contributed by atoms with E-state index in [1.54, 1.807) is 0 Å². The molecule has 104 valence electrons. The first-order valence-electron chi connectivity index (χ1n) is 7.36. The van der Waals surface area contributed by atoms with Crippen molar-refractivity contribution >= 4 is 0 Å². The topological polar surface area (TPSA) is 29.3 Å². The van der Waals surface area contributed by atoms with Crippen LogP contribution in [0.15, 0.2) is 48.5 Å². The van der Waals surface area contributed by atoms with Gasteiger partial charge in [0.2, 0.25) is 0 Å². The third-order valence-electron chi connectivity index (χ3n) is 4.38. The molecule has 1 unspecified atom stereocenters. The summed E-state index contributed by atoms with van der Waals surface area (Å²) in [5.74, 6) is 0. The van der Waals surface area contributed by atoms with Crippen LogP contribution in [0.5, 0.6) is 0 Å². The van der Waals surface area contributed by atoms with Gasteiger partial charge in [0.25, 0.3) is 0 Å². The molecule has 0 aliphatic carbocycles. The van der Waals surface area contributed by atoms with Crippen molar-refractivity contribution in [2.24, 2.45) is 5.73 Å². The third kappa shape index (κ3) is 2.49. The zero-order valence-electron chi connectivity index (χ0n) is 12.0. The third-order valence-corrected chi connectivity index (χ3v) is 4.38. The quantitative estimate of drug-likeness (QED) is 0.925. The molecule has 1 aliphatic rings. The maximum absolute atomic E-state index is 6.06. The van der Waals surface area contributed by atoms with Gasteiger partial charge in [0.05, 0.1) is 0 Å². The van der Waals surface area contributed by atoms with E-state index in [0.717, 1.165) is 19.5 Å². The fourth-order valence-corrected chi connectivity index (χ4v) is 3.18. The lowest BCUT2D eigenvalue weighted by molar-refractivity contribution is 0.180. The lowest BCUT2D eigenvalue weighted by Gasteiger charge is -2.37. The van der Waals surface area contributed by atoms with Crippen molar-refractivity contribution in [2.75, 3.05) is 13.1 Å². The van der Waals surface area contributed by atoms with Gasteiger partial charge >= 0.3 is 0 Å². The standard InChI is InChI=1S/C18H22N2/c1-14-6-2-3-8-16(14)13-20-11-10-15-7-4-5-9-17(15)18(20)12-19/h2-9,18H,10-13,19H2,1H3. The van der Waals surface area contributed by atoms with E-state index in [0.29, 0.717) is 12.6 Å². The largest absolute Gasteiger partial charge is 0.329 e. The van der Waals surface area contributed by atoms with Crippen molar-refractivity contribution in [2.45, 2.75) is 25.9 Å². The first-order valence-corrected chi connectivity index (χ1v) is 7.36. The van der Waals surface area contributed by atoms with Crippen LogP contribution < -0.4 is 5.73 Å². The van der Waals surface area contributed by atoms with E-state index in [2.05, 4.69) is 60.4 Å². The van der Waals surface area contributed by atoms with Crippen LogP contribution in [0.3, 0.4) is 0 Å². The van der Waals surface area contributed by atoms with Crippen molar-refractivity contribution in [1.29, 1.82) is 0 Å². The number of benzene rings is 2. The van der Waals surface area contributed by atoms with Crippen molar-refractivity contribution < 1.29 is 0 Å². The molecule has 1 heterocycles. The molecular weight excluding hydrogens is 244 g/mol. The van der Waals surface area contributed by atoms with E-state index in [1.807, 2.05) is 0 Å². The van der Waals surface area contributed by atoms with Gasteiger partial charge in [0, 0.05) is 25.7 Å². The fraction of sp³-hybridized carbons (Fsp3) is 0.333. The Balaban J connectivity index is 1.87. The summed E-state index contributed by atoms with van der Waals surface area (Å²) in [6, 6.07) is 17.7. The first kappa shape index (κ1) is 13.3. The van der Waals surface area contributed by atoms with E-state index in [9.17, 15) is 0 Å². The molecule has 3 rings (SSSR count). The summed E-state index contributed by atoms with van der Waals surface area (Å²) in [7, 11) is 0. The van der Waals surface area contributed by atoms with Crippen LogP contribution in [0.25, 0.3) is 0 Å². The summed E-state index contributed by atoms with van der Waals surface area (Å²) in [6.07, 6.45) is 1.12. The molecular formula is C18H22N2. The molecule has 0 radical (unpaired) electrons. The highest BCUT2D eigenvalue weighted by molar-refractivity contribution is 5.33. The zero-order valence-corrected chi connectivity index (χ0v) is 12.0. The Morgan fingerprint density at radius 2 is 1.85 bits per heavy atom. The first-order chi connectivity index (χ1) is 9.79. The van der Waals surface area contributed by atoms with Crippen molar-refractivity contribution in [3.63, 3.8) is 0 Å². The van der Waals surface area contributed by atoms with E-state index in [4.69, 9.17) is 5.73 Å². The lowest BCUT2D eigenvalue weighted by Crippen LogP contribution is -2.38. The normalized spacial score (nSPS) is 18.8. The molecule has 0 spiro atoms. The van der Waals surface area contributed by atoms with Crippen LogP contribution in [0.4, 0.5) is 0 Å². The molecule has 0 bridgehead atoms. The predicted molar refractivity (Wildman–Crippen MR) is 83.5 cm³/mol. The summed E-state index contributed by atoms with van der Waals surface area (Å²) in [6.45, 7) is 4.95. The van der Waals surface area contributed by atoms with Crippen molar-refractivity contribution in [1.82, 2.24) is 4.90 Å². The molecule has 1 aliphatic heterocycles. The summed E-state index contributed by atoms with van der Waals surface area (Å²) < 4.78 is 0. The highest BCUT2D eigenvalue weighted by Crippen LogP contribution is 2.30. The molecule has 0 aromatic heterocycles. The maximum atomic E-state index is 6.06. The maximum Gasteiger partial charge on any atom is 0.0476 e. The monoisotopic (exact) mass is 266 g/mol. The Morgan fingerprint density at radius 3 is 2.65 bits per heavy atom. The van der Waals surface area contributed by atoms with Crippen LogP contribution in [-0.4, -0.2) is 18.0 Å². The number of aryl methyl sites for hydroxylation is 1. The van der Waals surface area contributed by atoms with Gasteiger partial charge < -0.3 is 5.73 Å². The van der Waals surface area contributed by atoms with E-state index >= 15 is 0 Å². The average Bonchev–Trinajstić information content (AvgIpc) is 2.49. The van der Waals surface area contributed by atoms with Crippen LogP contribution in [0.2, 0.25) is 0 Å². The number of fused-ring (bicyclic) bond motifs is 1. The van der Waals surface area contributed by atoms with Gasteiger partial charge in [0.1, 0.15) is 0 Å². The van der Waals surface area contributed by atoms with E-state index in [1.165, 1.54) is 22.3 Å².